The van der Waals surface area contributed by atoms with Crippen LogP contribution in [0, 0.1) is 0 Å². The quantitative estimate of drug-likeness (QED) is 0.711. The van der Waals surface area contributed by atoms with E-state index in [4.69, 9.17) is 11.6 Å². The number of carbonyl (C=O) groups is 1. The fourth-order valence-corrected chi connectivity index (χ4v) is 2.92. The zero-order valence-corrected chi connectivity index (χ0v) is 12.5. The highest BCUT2D eigenvalue weighted by Gasteiger charge is 2.11. The van der Waals surface area contributed by atoms with Crippen LogP contribution < -0.4 is 5.32 Å². The number of hydrogen-bond donors (Lipinski definition) is 1. The Morgan fingerprint density at radius 2 is 2.00 bits per heavy atom. The molecule has 0 bridgehead atoms. The topological polar surface area (TPSA) is 42.0 Å². The Labute approximate surface area is 131 Å². The van der Waals surface area contributed by atoms with E-state index in [0.717, 1.165) is 16.1 Å². The molecule has 2 heterocycles. The number of nitrogens with one attached hydrogen (secondary N) is 1. The lowest BCUT2D eigenvalue weighted by Gasteiger charge is -2.10. The van der Waals surface area contributed by atoms with Crippen molar-refractivity contribution in [1.82, 2.24) is 4.98 Å². The molecule has 0 atom stereocenters. The van der Waals surface area contributed by atoms with E-state index in [0.29, 0.717) is 10.7 Å². The maximum atomic E-state index is 12.3. The third-order valence-electron chi connectivity index (χ3n) is 2.95. The van der Waals surface area contributed by atoms with Crippen LogP contribution in [0.2, 0.25) is 5.15 Å². The summed E-state index contributed by atoms with van der Waals surface area (Å²) in [6.07, 6.45) is 1.52. The van der Waals surface area contributed by atoms with Crippen LogP contribution in [0.3, 0.4) is 0 Å². The second-order valence-electron chi connectivity index (χ2n) is 4.34. The summed E-state index contributed by atoms with van der Waals surface area (Å²) in [4.78, 5) is 17.3. The Morgan fingerprint density at radius 3 is 2.76 bits per heavy atom. The number of hydrogen-bond acceptors (Lipinski definition) is 3. The third-order valence-corrected chi connectivity index (χ3v) is 4.06. The van der Waals surface area contributed by atoms with Crippen LogP contribution in [0.25, 0.3) is 10.4 Å². The first kappa shape index (κ1) is 13.8. The molecule has 2 aromatic heterocycles. The van der Waals surface area contributed by atoms with Crippen LogP contribution in [-0.2, 0) is 0 Å². The van der Waals surface area contributed by atoms with E-state index in [9.17, 15) is 4.79 Å². The van der Waals surface area contributed by atoms with Gasteiger partial charge in [0.2, 0.25) is 0 Å². The first-order valence-corrected chi connectivity index (χ1v) is 7.55. The van der Waals surface area contributed by atoms with E-state index < -0.39 is 0 Å². The van der Waals surface area contributed by atoms with Crippen LogP contribution in [-0.4, -0.2) is 10.9 Å². The van der Waals surface area contributed by atoms with Crippen molar-refractivity contribution in [2.75, 3.05) is 5.32 Å². The molecule has 104 valence electrons. The number of aromatic nitrogens is 1. The molecule has 1 aromatic carbocycles. The minimum Gasteiger partial charge on any atom is -0.321 e. The normalized spacial score (nSPS) is 10.3. The largest absolute Gasteiger partial charge is 0.321 e. The predicted molar refractivity (Wildman–Crippen MR) is 87.0 cm³/mol. The van der Waals surface area contributed by atoms with E-state index in [2.05, 4.69) is 10.3 Å². The van der Waals surface area contributed by atoms with E-state index in [1.165, 1.54) is 6.20 Å². The highest BCUT2D eigenvalue weighted by molar-refractivity contribution is 7.13. The van der Waals surface area contributed by atoms with Crippen molar-refractivity contribution in [3.63, 3.8) is 0 Å². The van der Waals surface area contributed by atoms with Crippen molar-refractivity contribution in [2.45, 2.75) is 0 Å². The van der Waals surface area contributed by atoms with Crippen LogP contribution >= 0.6 is 22.9 Å². The molecule has 0 fully saturated rings. The molecule has 0 aliphatic rings. The molecular formula is C16H11ClN2OS. The Morgan fingerprint density at radius 1 is 1.14 bits per heavy atom. The lowest BCUT2D eigenvalue weighted by atomic mass is 10.1. The summed E-state index contributed by atoms with van der Waals surface area (Å²) in [5.41, 5.74) is 2.26. The zero-order chi connectivity index (χ0) is 14.7. The van der Waals surface area contributed by atoms with Crippen molar-refractivity contribution in [1.29, 1.82) is 0 Å². The first-order valence-electron chi connectivity index (χ1n) is 6.30. The minimum atomic E-state index is -0.205. The van der Waals surface area contributed by atoms with E-state index in [1.54, 1.807) is 23.5 Å². The molecule has 0 saturated carbocycles. The number of pyridine rings is 1. The molecule has 1 amide bonds. The Kier molecular flexibility index (Phi) is 3.99. The fourth-order valence-electron chi connectivity index (χ4n) is 1.98. The molecule has 21 heavy (non-hydrogen) atoms. The fraction of sp³-hybridized carbons (Fsp3) is 0. The summed E-state index contributed by atoms with van der Waals surface area (Å²) in [7, 11) is 0. The average Bonchev–Trinajstić information content (AvgIpc) is 3.02. The number of thiophene rings is 1. The maximum Gasteiger partial charge on any atom is 0.255 e. The van der Waals surface area contributed by atoms with Crippen molar-refractivity contribution in [3.05, 3.63) is 70.8 Å². The molecule has 0 unspecified atom stereocenters. The average molecular weight is 315 g/mol. The Bertz CT molecular complexity index is 771. The first-order chi connectivity index (χ1) is 10.2. The van der Waals surface area contributed by atoms with Gasteiger partial charge in [0.15, 0.2) is 0 Å². The third kappa shape index (κ3) is 3.12. The summed E-state index contributed by atoms with van der Waals surface area (Å²) in [6, 6.07) is 14.9. The van der Waals surface area contributed by atoms with Gasteiger partial charge in [-0.1, -0.05) is 35.9 Å². The lowest BCUT2D eigenvalue weighted by molar-refractivity contribution is 0.102. The van der Waals surface area contributed by atoms with Gasteiger partial charge in [0.25, 0.3) is 5.91 Å². The number of para-hydroxylation sites is 1. The minimum absolute atomic E-state index is 0.205. The second kappa shape index (κ2) is 6.08. The van der Waals surface area contributed by atoms with Crippen molar-refractivity contribution >= 4 is 34.5 Å². The number of anilines is 1. The highest BCUT2D eigenvalue weighted by Crippen LogP contribution is 2.31. The molecule has 1 N–H and O–H groups in total. The Hall–Kier alpha value is -2.17. The molecule has 0 radical (unpaired) electrons. The van der Waals surface area contributed by atoms with Gasteiger partial charge in [0.05, 0.1) is 0 Å². The van der Waals surface area contributed by atoms with Gasteiger partial charge in [-0.15, -0.1) is 11.3 Å². The molecule has 3 nitrogen and oxygen atoms in total. The van der Waals surface area contributed by atoms with Gasteiger partial charge in [-0.3, -0.25) is 4.79 Å². The number of carbonyl (C=O) groups excluding carboxylic acids is 1. The van der Waals surface area contributed by atoms with E-state index >= 15 is 0 Å². The summed E-state index contributed by atoms with van der Waals surface area (Å²) >= 11 is 7.45. The van der Waals surface area contributed by atoms with Crippen molar-refractivity contribution < 1.29 is 4.79 Å². The maximum absolute atomic E-state index is 12.3. The number of rotatable bonds is 3. The van der Waals surface area contributed by atoms with Crippen molar-refractivity contribution in [3.8, 4) is 10.4 Å². The van der Waals surface area contributed by atoms with Crippen LogP contribution in [0.4, 0.5) is 5.69 Å². The van der Waals surface area contributed by atoms with E-state index in [-0.39, 0.29) is 5.91 Å². The standard InChI is InChI=1S/C16H11ClN2OS/c17-15-10-11(7-8-18-15)16(20)19-13-5-2-1-4-12(13)14-6-3-9-21-14/h1-10H,(H,19,20). The molecule has 5 heteroatoms. The van der Waals surface area contributed by atoms with Gasteiger partial charge in [-0.2, -0.15) is 0 Å². The van der Waals surface area contributed by atoms with Crippen LogP contribution in [0.15, 0.2) is 60.1 Å². The zero-order valence-electron chi connectivity index (χ0n) is 10.9. The highest BCUT2D eigenvalue weighted by atomic mass is 35.5. The second-order valence-corrected chi connectivity index (χ2v) is 5.68. The number of halogens is 1. The van der Waals surface area contributed by atoms with Gasteiger partial charge in [-0.25, -0.2) is 4.98 Å². The Balaban J connectivity index is 1.90. The van der Waals surface area contributed by atoms with Gasteiger partial charge in [0, 0.05) is 27.9 Å². The summed E-state index contributed by atoms with van der Waals surface area (Å²) in [5, 5.41) is 5.23. The molecule has 3 rings (SSSR count). The van der Waals surface area contributed by atoms with Gasteiger partial charge in [0.1, 0.15) is 5.15 Å². The summed E-state index contributed by atoms with van der Waals surface area (Å²) in [6.45, 7) is 0. The van der Waals surface area contributed by atoms with Crippen molar-refractivity contribution in [2.24, 2.45) is 0 Å². The molecular weight excluding hydrogens is 304 g/mol. The summed E-state index contributed by atoms with van der Waals surface area (Å²) in [5.74, 6) is -0.205. The van der Waals surface area contributed by atoms with E-state index in [1.807, 2.05) is 41.8 Å². The molecule has 3 aromatic rings. The molecule has 0 aliphatic carbocycles. The monoisotopic (exact) mass is 314 g/mol. The van der Waals surface area contributed by atoms with Gasteiger partial charge >= 0.3 is 0 Å². The van der Waals surface area contributed by atoms with Gasteiger partial charge < -0.3 is 5.32 Å². The van der Waals surface area contributed by atoms with Gasteiger partial charge in [-0.05, 0) is 29.6 Å². The SMILES string of the molecule is O=C(Nc1ccccc1-c1cccs1)c1ccnc(Cl)c1. The number of nitrogens with zero attached hydrogens (tertiary/aromatic N) is 1. The lowest BCUT2D eigenvalue weighted by Crippen LogP contribution is -2.12. The number of amides is 1. The molecule has 0 saturated heterocycles. The predicted octanol–water partition coefficient (Wildman–Crippen LogP) is 4.72. The summed E-state index contributed by atoms with van der Waals surface area (Å²) < 4.78 is 0. The molecule has 0 spiro atoms. The molecule has 0 aliphatic heterocycles. The smallest absolute Gasteiger partial charge is 0.255 e. The number of benzene rings is 1. The van der Waals surface area contributed by atoms with Crippen LogP contribution in [0.5, 0.6) is 0 Å². The van der Waals surface area contributed by atoms with Crippen LogP contribution in [0.1, 0.15) is 10.4 Å².